The molecule has 3 nitrogen and oxygen atoms in total. The molecule has 1 rings (SSSR count). The van der Waals surface area contributed by atoms with Crippen LogP contribution in [0.5, 0.6) is 0 Å². The molecule has 0 radical (unpaired) electrons. The van der Waals surface area contributed by atoms with Gasteiger partial charge < -0.3 is 4.90 Å². The van der Waals surface area contributed by atoms with Crippen molar-refractivity contribution in [2.24, 2.45) is 5.92 Å². The molecular formula is C11H22FNO2S. The van der Waals surface area contributed by atoms with Crippen LogP contribution < -0.4 is 0 Å². The lowest BCUT2D eigenvalue weighted by Crippen LogP contribution is -2.27. The number of unbranched alkanes of at least 4 members (excludes halogenated alkanes) is 2. The highest BCUT2D eigenvalue weighted by atomic mass is 32.2. The quantitative estimate of drug-likeness (QED) is 0.643. The van der Waals surface area contributed by atoms with Gasteiger partial charge in [0.15, 0.2) is 9.84 Å². The minimum Gasteiger partial charge on any atom is -0.306 e. The molecule has 0 aromatic heterocycles. The number of hydrogen-bond donors (Lipinski definition) is 0. The molecule has 1 fully saturated rings. The second-order valence-electron chi connectivity index (χ2n) is 4.78. The zero-order valence-corrected chi connectivity index (χ0v) is 10.8. The van der Waals surface area contributed by atoms with Crippen LogP contribution in [0.3, 0.4) is 0 Å². The van der Waals surface area contributed by atoms with E-state index in [0.717, 1.165) is 32.4 Å². The summed E-state index contributed by atoms with van der Waals surface area (Å²) in [5.74, 6) is 1.01. The van der Waals surface area contributed by atoms with Gasteiger partial charge in [0.1, 0.15) is 0 Å². The van der Waals surface area contributed by atoms with Crippen molar-refractivity contribution in [3.8, 4) is 0 Å². The average Bonchev–Trinajstić information content (AvgIpc) is 2.53. The number of rotatable bonds is 7. The molecule has 0 aromatic carbocycles. The number of sulfone groups is 1. The van der Waals surface area contributed by atoms with Crippen LogP contribution in [0.1, 0.15) is 25.7 Å². The van der Waals surface area contributed by atoms with Gasteiger partial charge in [-0.25, -0.2) is 8.42 Å². The van der Waals surface area contributed by atoms with Crippen LogP contribution in [0, 0.1) is 5.92 Å². The molecule has 1 aliphatic heterocycles. The molecule has 5 heteroatoms. The molecule has 0 spiro atoms. The molecule has 16 heavy (non-hydrogen) atoms. The van der Waals surface area contributed by atoms with Crippen molar-refractivity contribution in [2.45, 2.75) is 25.7 Å². The second kappa shape index (κ2) is 6.55. The average molecular weight is 251 g/mol. The second-order valence-corrected chi connectivity index (χ2v) is 7.01. The van der Waals surface area contributed by atoms with Gasteiger partial charge in [-0.1, -0.05) is 0 Å². The third-order valence-electron chi connectivity index (χ3n) is 3.07. The van der Waals surface area contributed by atoms with Crippen molar-refractivity contribution in [2.75, 3.05) is 38.3 Å². The van der Waals surface area contributed by atoms with Crippen molar-refractivity contribution >= 4 is 9.84 Å². The summed E-state index contributed by atoms with van der Waals surface area (Å²) in [6, 6.07) is 0. The van der Waals surface area contributed by atoms with Crippen molar-refractivity contribution in [3.05, 3.63) is 0 Å². The van der Waals surface area contributed by atoms with Crippen molar-refractivity contribution in [1.29, 1.82) is 0 Å². The Kier molecular flexibility index (Phi) is 5.69. The Morgan fingerprint density at radius 3 is 2.62 bits per heavy atom. The first-order valence-corrected chi connectivity index (χ1v) is 7.80. The first kappa shape index (κ1) is 13.9. The van der Waals surface area contributed by atoms with E-state index in [1.165, 1.54) is 0 Å². The third-order valence-corrected chi connectivity index (χ3v) is 4.91. The number of halogens is 1. The van der Waals surface area contributed by atoms with Gasteiger partial charge in [-0.2, -0.15) is 0 Å². The van der Waals surface area contributed by atoms with Gasteiger partial charge in [0, 0.05) is 6.54 Å². The summed E-state index contributed by atoms with van der Waals surface area (Å²) in [5.41, 5.74) is 0. The van der Waals surface area contributed by atoms with E-state index in [4.69, 9.17) is 0 Å². The molecule has 0 amide bonds. The molecule has 0 saturated carbocycles. The lowest BCUT2D eigenvalue weighted by molar-refractivity contribution is 0.280. The molecule has 1 heterocycles. The maximum atomic E-state index is 11.9. The van der Waals surface area contributed by atoms with Gasteiger partial charge in [0.25, 0.3) is 0 Å². The van der Waals surface area contributed by atoms with Crippen LogP contribution in [-0.2, 0) is 9.84 Å². The van der Waals surface area contributed by atoms with Crippen LogP contribution in [0.4, 0.5) is 4.39 Å². The number of alkyl halides is 1. The third kappa shape index (κ3) is 5.25. The van der Waals surface area contributed by atoms with E-state index in [1.807, 2.05) is 7.05 Å². The monoisotopic (exact) mass is 251 g/mol. The number of nitrogens with zero attached hydrogens (tertiary/aromatic N) is 1. The van der Waals surface area contributed by atoms with Gasteiger partial charge in [0.2, 0.25) is 0 Å². The predicted octanol–water partition coefficient (Wildman–Crippen LogP) is 1.49. The minimum absolute atomic E-state index is 0.232. The first-order chi connectivity index (χ1) is 7.53. The Morgan fingerprint density at radius 2 is 2.06 bits per heavy atom. The lowest BCUT2D eigenvalue weighted by Gasteiger charge is -2.19. The summed E-state index contributed by atoms with van der Waals surface area (Å²) in [6.45, 7) is 1.57. The zero-order valence-electron chi connectivity index (χ0n) is 9.99. The molecule has 0 N–H and O–H groups in total. The smallest absolute Gasteiger partial charge is 0.150 e. The fourth-order valence-electron chi connectivity index (χ4n) is 2.20. The SMILES string of the molecule is CN(CCCCCF)C[C@@H]1CCS(=O)(=O)C1. The van der Waals surface area contributed by atoms with Crippen molar-refractivity contribution in [1.82, 2.24) is 4.90 Å². The fraction of sp³-hybridized carbons (Fsp3) is 1.00. The summed E-state index contributed by atoms with van der Waals surface area (Å²) >= 11 is 0. The van der Waals surface area contributed by atoms with E-state index in [-0.39, 0.29) is 6.67 Å². The molecule has 0 bridgehead atoms. The van der Waals surface area contributed by atoms with Crippen molar-refractivity contribution in [3.63, 3.8) is 0 Å². The standard InChI is InChI=1S/C11H22FNO2S/c1-13(7-4-2-3-6-12)9-11-5-8-16(14,15)10-11/h11H,2-10H2,1H3/t11-/m0/s1. The largest absolute Gasteiger partial charge is 0.306 e. The summed E-state index contributed by atoms with van der Waals surface area (Å²) in [6.07, 6.45) is 3.37. The van der Waals surface area contributed by atoms with Gasteiger partial charge >= 0.3 is 0 Å². The Hall–Kier alpha value is -0.160. The molecule has 0 aliphatic carbocycles. The van der Waals surface area contributed by atoms with Crippen LogP contribution in [0.15, 0.2) is 0 Å². The maximum absolute atomic E-state index is 11.9. The Bertz CT molecular complexity index is 292. The lowest BCUT2D eigenvalue weighted by atomic mass is 10.1. The normalized spacial score (nSPS) is 24.1. The molecule has 96 valence electrons. The van der Waals surface area contributed by atoms with E-state index in [1.54, 1.807) is 0 Å². The van der Waals surface area contributed by atoms with Gasteiger partial charge in [0.05, 0.1) is 18.2 Å². The first-order valence-electron chi connectivity index (χ1n) is 5.98. The topological polar surface area (TPSA) is 37.4 Å². The number of hydrogen-bond acceptors (Lipinski definition) is 3. The molecule has 1 atom stereocenters. The van der Waals surface area contributed by atoms with E-state index < -0.39 is 9.84 Å². The summed E-state index contributed by atoms with van der Waals surface area (Å²) < 4.78 is 34.4. The van der Waals surface area contributed by atoms with Gasteiger partial charge in [-0.05, 0) is 45.2 Å². The van der Waals surface area contributed by atoms with Crippen LogP contribution in [-0.4, -0.2) is 51.6 Å². The Morgan fingerprint density at radius 1 is 1.31 bits per heavy atom. The fourth-order valence-corrected chi connectivity index (χ4v) is 4.05. The highest BCUT2D eigenvalue weighted by molar-refractivity contribution is 7.91. The van der Waals surface area contributed by atoms with Crippen LogP contribution >= 0.6 is 0 Å². The van der Waals surface area contributed by atoms with Gasteiger partial charge in [-0.15, -0.1) is 0 Å². The Balaban J connectivity index is 2.13. The molecular weight excluding hydrogens is 229 g/mol. The molecule has 0 aromatic rings. The summed E-state index contributed by atoms with van der Waals surface area (Å²) in [5, 5.41) is 0. The minimum atomic E-state index is -2.75. The van der Waals surface area contributed by atoms with E-state index >= 15 is 0 Å². The maximum Gasteiger partial charge on any atom is 0.150 e. The summed E-state index contributed by atoms with van der Waals surface area (Å²) in [4.78, 5) is 2.17. The molecule has 1 aliphatic rings. The summed E-state index contributed by atoms with van der Waals surface area (Å²) in [7, 11) is -0.732. The highest BCUT2D eigenvalue weighted by Gasteiger charge is 2.28. The van der Waals surface area contributed by atoms with Crippen LogP contribution in [0.2, 0.25) is 0 Å². The van der Waals surface area contributed by atoms with Crippen molar-refractivity contribution < 1.29 is 12.8 Å². The van der Waals surface area contributed by atoms with Gasteiger partial charge in [-0.3, -0.25) is 4.39 Å². The highest BCUT2D eigenvalue weighted by Crippen LogP contribution is 2.19. The molecule has 1 saturated heterocycles. The zero-order chi connectivity index (χ0) is 12.0. The Labute approximate surface area is 97.9 Å². The van der Waals surface area contributed by atoms with E-state index in [9.17, 15) is 12.8 Å². The van der Waals surface area contributed by atoms with E-state index in [0.29, 0.717) is 23.8 Å². The predicted molar refractivity (Wildman–Crippen MR) is 64.1 cm³/mol. The molecule has 0 unspecified atom stereocenters. The van der Waals surface area contributed by atoms with Crippen LogP contribution in [0.25, 0.3) is 0 Å². The van der Waals surface area contributed by atoms with E-state index in [2.05, 4.69) is 4.90 Å².